The molecule has 0 bridgehead atoms. The van der Waals surface area contributed by atoms with E-state index in [1.165, 1.54) is 5.06 Å². The van der Waals surface area contributed by atoms with Gasteiger partial charge in [-0.05, 0) is 51.2 Å². The van der Waals surface area contributed by atoms with Crippen molar-refractivity contribution in [1.82, 2.24) is 9.96 Å². The van der Waals surface area contributed by atoms with Crippen LogP contribution < -0.4 is 0 Å². The number of carbonyl (C=O) groups is 1. The molecule has 3 aliphatic rings. The lowest BCUT2D eigenvalue weighted by atomic mass is 9.98. The van der Waals surface area contributed by atoms with E-state index in [1.54, 1.807) is 0 Å². The summed E-state index contributed by atoms with van der Waals surface area (Å²) in [4.78, 5) is 20.5. The molecular weight excluding hydrogens is 308 g/mol. The maximum absolute atomic E-state index is 12.6. The number of nitrogens with zero attached hydrogens (tertiary/aromatic N) is 2. The maximum atomic E-state index is 12.6. The lowest BCUT2D eigenvalue weighted by molar-refractivity contribution is -0.213. The highest BCUT2D eigenvalue weighted by atomic mass is 16.7. The standard InChI is InChI=1S/C18H26N2O4/c1-13-4-5-14(23-13)12-19-10-8-16-15(19)6-7-17(24-16)18(21)20-9-2-3-11-22-20/h4-5,15-17H,2-3,6-12H2,1H3/t15-,16-,17+/m0/s1. The summed E-state index contributed by atoms with van der Waals surface area (Å²) < 4.78 is 11.9. The lowest BCUT2D eigenvalue weighted by Gasteiger charge is -2.37. The van der Waals surface area contributed by atoms with Crippen molar-refractivity contribution in [3.63, 3.8) is 0 Å². The van der Waals surface area contributed by atoms with Crippen molar-refractivity contribution in [2.75, 3.05) is 19.7 Å². The highest BCUT2D eigenvalue weighted by Crippen LogP contribution is 2.33. The zero-order valence-corrected chi connectivity index (χ0v) is 14.3. The van der Waals surface area contributed by atoms with Crippen LogP contribution in [0.1, 0.15) is 43.6 Å². The number of hydroxylamine groups is 2. The summed E-state index contributed by atoms with van der Waals surface area (Å²) in [5, 5.41) is 1.52. The van der Waals surface area contributed by atoms with Gasteiger partial charge in [-0.25, -0.2) is 5.06 Å². The third kappa shape index (κ3) is 3.23. The van der Waals surface area contributed by atoms with E-state index in [0.717, 1.165) is 56.7 Å². The Labute approximate surface area is 142 Å². The third-order valence-electron chi connectivity index (χ3n) is 5.34. The van der Waals surface area contributed by atoms with E-state index in [1.807, 2.05) is 19.1 Å². The van der Waals surface area contributed by atoms with Gasteiger partial charge in [0.2, 0.25) is 0 Å². The zero-order valence-electron chi connectivity index (χ0n) is 14.3. The molecule has 1 amide bonds. The minimum atomic E-state index is -0.338. The van der Waals surface area contributed by atoms with Crippen molar-refractivity contribution in [3.8, 4) is 0 Å². The van der Waals surface area contributed by atoms with E-state index < -0.39 is 0 Å². The molecule has 6 heteroatoms. The molecule has 0 aliphatic carbocycles. The van der Waals surface area contributed by atoms with Gasteiger partial charge in [-0.2, -0.15) is 0 Å². The molecule has 3 aliphatic heterocycles. The van der Waals surface area contributed by atoms with Crippen LogP contribution >= 0.6 is 0 Å². The van der Waals surface area contributed by atoms with Crippen LogP contribution in [-0.2, 0) is 20.9 Å². The largest absolute Gasteiger partial charge is 0.465 e. The summed E-state index contributed by atoms with van der Waals surface area (Å²) in [6, 6.07) is 4.45. The fourth-order valence-corrected chi connectivity index (χ4v) is 4.09. The van der Waals surface area contributed by atoms with Crippen molar-refractivity contribution in [2.45, 2.75) is 63.8 Å². The monoisotopic (exact) mass is 334 g/mol. The molecule has 0 aromatic carbocycles. The SMILES string of the molecule is Cc1ccc(CN2CC[C@@H]3O[C@@H](C(=O)N4CCCCO4)CC[C@@H]32)o1. The first kappa shape index (κ1) is 16.1. The van der Waals surface area contributed by atoms with Gasteiger partial charge in [0, 0.05) is 19.1 Å². The number of fused-ring (bicyclic) bond motifs is 1. The zero-order chi connectivity index (χ0) is 16.5. The maximum Gasteiger partial charge on any atom is 0.275 e. The minimum absolute atomic E-state index is 0.00765. The number of hydrogen-bond acceptors (Lipinski definition) is 5. The highest BCUT2D eigenvalue weighted by Gasteiger charge is 2.43. The second-order valence-electron chi connectivity index (χ2n) is 7.06. The lowest BCUT2D eigenvalue weighted by Crippen LogP contribution is -2.49. The average Bonchev–Trinajstić information content (AvgIpc) is 3.21. The number of aryl methyl sites for hydroxylation is 1. The third-order valence-corrected chi connectivity index (χ3v) is 5.34. The van der Waals surface area contributed by atoms with E-state index in [-0.39, 0.29) is 18.1 Å². The summed E-state index contributed by atoms with van der Waals surface area (Å²) in [5.41, 5.74) is 0. The Kier molecular flexibility index (Phi) is 4.61. The molecule has 0 radical (unpaired) electrons. The molecule has 24 heavy (non-hydrogen) atoms. The van der Waals surface area contributed by atoms with Crippen LogP contribution in [0.3, 0.4) is 0 Å². The Morgan fingerprint density at radius 3 is 2.88 bits per heavy atom. The van der Waals surface area contributed by atoms with Gasteiger partial charge < -0.3 is 9.15 Å². The second-order valence-corrected chi connectivity index (χ2v) is 7.06. The predicted octanol–water partition coefficient (Wildman–Crippen LogP) is 2.26. The van der Waals surface area contributed by atoms with Crippen LogP contribution in [0.4, 0.5) is 0 Å². The quantitative estimate of drug-likeness (QED) is 0.849. The predicted molar refractivity (Wildman–Crippen MR) is 87.1 cm³/mol. The Bertz CT molecular complexity index is 581. The Morgan fingerprint density at radius 2 is 2.12 bits per heavy atom. The van der Waals surface area contributed by atoms with E-state index in [4.69, 9.17) is 14.0 Å². The normalized spacial score (nSPS) is 31.2. The van der Waals surface area contributed by atoms with Gasteiger partial charge in [0.1, 0.15) is 17.6 Å². The Hall–Kier alpha value is -1.37. The van der Waals surface area contributed by atoms with Crippen LogP contribution in [0, 0.1) is 6.92 Å². The Balaban J connectivity index is 1.34. The summed E-state index contributed by atoms with van der Waals surface area (Å²) in [6.07, 6.45) is 4.60. The van der Waals surface area contributed by atoms with Gasteiger partial charge in [0.15, 0.2) is 0 Å². The van der Waals surface area contributed by atoms with Crippen molar-refractivity contribution in [2.24, 2.45) is 0 Å². The Morgan fingerprint density at radius 1 is 1.21 bits per heavy atom. The summed E-state index contributed by atoms with van der Waals surface area (Å²) in [5.74, 6) is 1.97. The number of furan rings is 1. The van der Waals surface area contributed by atoms with Gasteiger partial charge in [0.25, 0.3) is 5.91 Å². The van der Waals surface area contributed by atoms with Gasteiger partial charge >= 0.3 is 0 Å². The summed E-state index contributed by atoms with van der Waals surface area (Å²) in [6.45, 7) is 5.12. The molecule has 0 spiro atoms. The molecule has 1 aromatic rings. The number of likely N-dealkylation sites (tertiary alicyclic amines) is 1. The van der Waals surface area contributed by atoms with Gasteiger partial charge in [-0.1, -0.05) is 0 Å². The molecule has 0 unspecified atom stereocenters. The number of hydrogen-bond donors (Lipinski definition) is 0. The van der Waals surface area contributed by atoms with Gasteiger partial charge in [-0.3, -0.25) is 14.5 Å². The number of amides is 1. The minimum Gasteiger partial charge on any atom is -0.465 e. The molecule has 1 aromatic heterocycles. The fraction of sp³-hybridized carbons (Fsp3) is 0.722. The summed E-state index contributed by atoms with van der Waals surface area (Å²) >= 11 is 0. The van der Waals surface area contributed by atoms with Crippen LogP contribution in [-0.4, -0.2) is 53.8 Å². The molecule has 4 heterocycles. The number of carbonyl (C=O) groups excluding carboxylic acids is 1. The number of rotatable bonds is 3. The number of ether oxygens (including phenoxy) is 1. The second kappa shape index (κ2) is 6.86. The molecular formula is C18H26N2O4. The van der Waals surface area contributed by atoms with Crippen molar-refractivity contribution >= 4 is 5.91 Å². The smallest absolute Gasteiger partial charge is 0.275 e. The fourth-order valence-electron chi connectivity index (χ4n) is 4.09. The topological polar surface area (TPSA) is 55.2 Å². The van der Waals surface area contributed by atoms with Crippen molar-refractivity contribution in [1.29, 1.82) is 0 Å². The van der Waals surface area contributed by atoms with Crippen molar-refractivity contribution < 1.29 is 18.8 Å². The molecule has 0 saturated carbocycles. The first-order valence-electron chi connectivity index (χ1n) is 9.10. The highest BCUT2D eigenvalue weighted by molar-refractivity contribution is 5.80. The molecule has 3 saturated heterocycles. The first-order chi connectivity index (χ1) is 11.7. The van der Waals surface area contributed by atoms with Crippen LogP contribution in [0.15, 0.2) is 16.5 Å². The van der Waals surface area contributed by atoms with Crippen LogP contribution in [0.5, 0.6) is 0 Å². The van der Waals surface area contributed by atoms with E-state index in [0.29, 0.717) is 19.2 Å². The van der Waals surface area contributed by atoms with E-state index in [9.17, 15) is 4.79 Å². The van der Waals surface area contributed by atoms with Crippen LogP contribution in [0.2, 0.25) is 0 Å². The van der Waals surface area contributed by atoms with Gasteiger partial charge in [-0.15, -0.1) is 0 Å². The van der Waals surface area contributed by atoms with E-state index >= 15 is 0 Å². The molecule has 6 nitrogen and oxygen atoms in total. The van der Waals surface area contributed by atoms with Crippen molar-refractivity contribution in [3.05, 3.63) is 23.7 Å². The molecule has 3 atom stereocenters. The average molecular weight is 334 g/mol. The first-order valence-corrected chi connectivity index (χ1v) is 9.10. The van der Waals surface area contributed by atoms with Crippen LogP contribution in [0.25, 0.3) is 0 Å². The van der Waals surface area contributed by atoms with E-state index in [2.05, 4.69) is 4.90 Å². The molecule has 3 fully saturated rings. The molecule has 4 rings (SSSR count). The van der Waals surface area contributed by atoms with Gasteiger partial charge in [0.05, 0.1) is 19.3 Å². The molecule has 0 N–H and O–H groups in total. The summed E-state index contributed by atoms with van der Waals surface area (Å²) in [7, 11) is 0. The molecule has 132 valence electrons.